The van der Waals surface area contributed by atoms with Crippen molar-refractivity contribution in [2.75, 3.05) is 0 Å². The van der Waals surface area contributed by atoms with Gasteiger partial charge in [0, 0.05) is 11.4 Å². The Hall–Kier alpha value is -2.41. The summed E-state index contributed by atoms with van der Waals surface area (Å²) in [7, 11) is 0. The fraction of sp³-hybridized carbons (Fsp3) is 0.450. The zero-order valence-corrected chi connectivity index (χ0v) is 16.4. The molecule has 1 fully saturated rings. The number of ether oxygens (including phenoxy) is 2. The summed E-state index contributed by atoms with van der Waals surface area (Å²) in [6, 6.07) is 7.05. The zero-order valence-electron chi connectivity index (χ0n) is 15.6. The van der Waals surface area contributed by atoms with E-state index in [1.54, 1.807) is 42.5 Å². The lowest BCUT2D eigenvalue weighted by Gasteiger charge is -2.18. The maximum absolute atomic E-state index is 12.5. The summed E-state index contributed by atoms with van der Waals surface area (Å²) in [5.41, 5.74) is 1.11. The Morgan fingerprint density at radius 2 is 2.04 bits per heavy atom. The number of nitrogens with one attached hydrogen (secondary N) is 1. The molecule has 1 saturated carbocycles. The Kier molecular flexibility index (Phi) is 6.45. The second-order valence-corrected chi connectivity index (χ2v) is 7.74. The molecule has 1 aliphatic rings. The van der Waals surface area contributed by atoms with Crippen molar-refractivity contribution < 1.29 is 19.1 Å². The molecule has 1 aromatic heterocycles. The molecule has 6 nitrogen and oxygen atoms in total. The number of hydrogen-bond donors (Lipinski definition) is 1. The van der Waals surface area contributed by atoms with Crippen molar-refractivity contribution >= 4 is 23.2 Å². The number of benzene rings is 1. The van der Waals surface area contributed by atoms with E-state index in [9.17, 15) is 9.59 Å². The van der Waals surface area contributed by atoms with Gasteiger partial charge in [-0.25, -0.2) is 9.78 Å². The van der Waals surface area contributed by atoms with Gasteiger partial charge in [-0.15, -0.1) is 11.3 Å². The van der Waals surface area contributed by atoms with Crippen LogP contribution in [0.4, 0.5) is 0 Å². The normalized spacial score (nSPS) is 15.3. The average molecular weight is 388 g/mol. The third-order valence-corrected chi connectivity index (χ3v) is 5.33. The highest BCUT2D eigenvalue weighted by Gasteiger charge is 2.24. The third kappa shape index (κ3) is 5.29. The number of rotatable bonds is 7. The highest BCUT2D eigenvalue weighted by atomic mass is 32.1. The molecule has 1 amide bonds. The summed E-state index contributed by atoms with van der Waals surface area (Å²) < 4.78 is 11.1. The molecule has 3 rings (SSSR count). The topological polar surface area (TPSA) is 77.5 Å². The molecular formula is C20H24N2O4S. The predicted octanol–water partition coefficient (Wildman–Crippen LogP) is 3.63. The van der Waals surface area contributed by atoms with E-state index >= 15 is 0 Å². The number of nitrogens with zero attached hydrogens (tertiary/aromatic N) is 1. The lowest BCUT2D eigenvalue weighted by molar-refractivity contribution is -0.129. The number of hydrogen-bond acceptors (Lipinski definition) is 6. The summed E-state index contributed by atoms with van der Waals surface area (Å²) in [6.07, 6.45) is 3.37. The van der Waals surface area contributed by atoms with Gasteiger partial charge in [-0.2, -0.15) is 0 Å². The van der Waals surface area contributed by atoms with Crippen molar-refractivity contribution in [3.05, 3.63) is 45.9 Å². The SMILES string of the molecule is Cc1nc(COc2ccccc2C(=O)O[C@@H](C)C(=O)NC2CCCC2)cs1. The van der Waals surface area contributed by atoms with Crippen LogP contribution < -0.4 is 10.1 Å². The molecular weight excluding hydrogens is 364 g/mol. The lowest BCUT2D eigenvalue weighted by atomic mass is 10.2. The highest BCUT2D eigenvalue weighted by Crippen LogP contribution is 2.22. The number of carbonyl (C=O) groups excluding carboxylic acids is 2. The molecule has 144 valence electrons. The molecule has 1 atom stereocenters. The second-order valence-electron chi connectivity index (χ2n) is 6.68. The van der Waals surface area contributed by atoms with E-state index in [2.05, 4.69) is 10.3 Å². The van der Waals surface area contributed by atoms with E-state index < -0.39 is 12.1 Å². The molecule has 2 aromatic rings. The Bertz CT molecular complexity index is 799. The molecule has 1 N–H and O–H groups in total. The first kappa shape index (κ1) is 19.4. The number of aromatic nitrogens is 1. The Balaban J connectivity index is 1.59. The summed E-state index contributed by atoms with van der Waals surface area (Å²) in [4.78, 5) is 29.1. The van der Waals surface area contributed by atoms with E-state index in [1.165, 1.54) is 0 Å². The van der Waals surface area contributed by atoms with E-state index in [4.69, 9.17) is 9.47 Å². The molecule has 1 heterocycles. The quantitative estimate of drug-likeness (QED) is 0.733. The molecule has 0 aliphatic heterocycles. The minimum Gasteiger partial charge on any atom is -0.486 e. The second kappa shape index (κ2) is 8.99. The summed E-state index contributed by atoms with van der Waals surface area (Å²) in [5, 5.41) is 5.83. The highest BCUT2D eigenvalue weighted by molar-refractivity contribution is 7.09. The van der Waals surface area contributed by atoms with E-state index in [0.717, 1.165) is 36.4 Å². The van der Waals surface area contributed by atoms with Crippen LogP contribution in [-0.2, 0) is 16.1 Å². The smallest absolute Gasteiger partial charge is 0.342 e. The van der Waals surface area contributed by atoms with Gasteiger partial charge in [0.1, 0.15) is 17.9 Å². The van der Waals surface area contributed by atoms with E-state index in [1.807, 2.05) is 12.3 Å². The van der Waals surface area contributed by atoms with Crippen molar-refractivity contribution in [2.45, 2.75) is 58.3 Å². The number of carbonyl (C=O) groups is 2. The van der Waals surface area contributed by atoms with Crippen LogP contribution in [0.2, 0.25) is 0 Å². The van der Waals surface area contributed by atoms with Crippen LogP contribution in [0.15, 0.2) is 29.6 Å². The molecule has 7 heteroatoms. The van der Waals surface area contributed by atoms with Crippen molar-refractivity contribution in [3.63, 3.8) is 0 Å². The van der Waals surface area contributed by atoms with Crippen LogP contribution in [0.25, 0.3) is 0 Å². The van der Waals surface area contributed by atoms with Crippen molar-refractivity contribution in [1.82, 2.24) is 10.3 Å². The minimum atomic E-state index is -0.854. The van der Waals surface area contributed by atoms with Gasteiger partial charge >= 0.3 is 5.97 Å². The molecule has 1 aliphatic carbocycles. The number of amides is 1. The number of para-hydroxylation sites is 1. The lowest BCUT2D eigenvalue weighted by Crippen LogP contribution is -2.40. The summed E-state index contributed by atoms with van der Waals surface area (Å²) >= 11 is 1.55. The molecule has 0 radical (unpaired) electrons. The molecule has 0 spiro atoms. The first-order valence-corrected chi connectivity index (χ1v) is 10.0. The van der Waals surface area contributed by atoms with Gasteiger partial charge in [-0.3, -0.25) is 4.79 Å². The molecule has 27 heavy (non-hydrogen) atoms. The van der Waals surface area contributed by atoms with Crippen LogP contribution in [0.3, 0.4) is 0 Å². The third-order valence-electron chi connectivity index (χ3n) is 4.50. The Labute approximate surface area is 162 Å². The van der Waals surface area contributed by atoms with E-state index in [0.29, 0.717) is 11.3 Å². The number of thiazole rings is 1. The predicted molar refractivity (Wildman–Crippen MR) is 103 cm³/mol. The number of aryl methyl sites for hydroxylation is 1. The summed E-state index contributed by atoms with van der Waals surface area (Å²) in [6.45, 7) is 3.79. The van der Waals surface area contributed by atoms with Crippen molar-refractivity contribution in [3.8, 4) is 5.75 Å². The van der Waals surface area contributed by atoms with Crippen LogP contribution in [0, 0.1) is 6.92 Å². The van der Waals surface area contributed by atoms with Crippen LogP contribution >= 0.6 is 11.3 Å². The van der Waals surface area contributed by atoms with Crippen LogP contribution in [-0.4, -0.2) is 29.0 Å². The van der Waals surface area contributed by atoms with Crippen LogP contribution in [0.5, 0.6) is 5.75 Å². The fourth-order valence-corrected chi connectivity index (χ4v) is 3.65. The van der Waals surface area contributed by atoms with E-state index in [-0.39, 0.29) is 18.6 Å². The Morgan fingerprint density at radius 1 is 1.30 bits per heavy atom. The first-order valence-electron chi connectivity index (χ1n) is 9.17. The van der Waals surface area contributed by atoms with Gasteiger partial charge in [0.05, 0.1) is 10.7 Å². The average Bonchev–Trinajstić information content (AvgIpc) is 3.31. The molecule has 0 unspecified atom stereocenters. The van der Waals surface area contributed by atoms with Gasteiger partial charge in [0.25, 0.3) is 5.91 Å². The van der Waals surface area contributed by atoms with Crippen molar-refractivity contribution in [1.29, 1.82) is 0 Å². The Morgan fingerprint density at radius 3 is 2.74 bits per heavy atom. The maximum atomic E-state index is 12.5. The van der Waals surface area contributed by atoms with Crippen LogP contribution in [0.1, 0.15) is 53.7 Å². The number of esters is 1. The molecule has 1 aromatic carbocycles. The van der Waals surface area contributed by atoms with Gasteiger partial charge < -0.3 is 14.8 Å². The van der Waals surface area contributed by atoms with Gasteiger partial charge in [0.15, 0.2) is 6.10 Å². The molecule has 0 saturated heterocycles. The largest absolute Gasteiger partial charge is 0.486 e. The summed E-state index contributed by atoms with van der Waals surface area (Å²) in [5.74, 6) is -0.419. The maximum Gasteiger partial charge on any atom is 0.342 e. The first-order chi connectivity index (χ1) is 13.0. The zero-order chi connectivity index (χ0) is 19.2. The van der Waals surface area contributed by atoms with Gasteiger partial charge in [-0.05, 0) is 38.8 Å². The van der Waals surface area contributed by atoms with Gasteiger partial charge in [0.2, 0.25) is 0 Å². The fourth-order valence-electron chi connectivity index (χ4n) is 3.05. The monoisotopic (exact) mass is 388 g/mol. The van der Waals surface area contributed by atoms with Gasteiger partial charge in [-0.1, -0.05) is 25.0 Å². The minimum absolute atomic E-state index is 0.191. The standard InChI is InChI=1S/C20H24N2O4S/c1-13(19(23)22-15-7-3-4-8-15)26-20(24)17-9-5-6-10-18(17)25-11-16-12-27-14(2)21-16/h5-6,9-10,12-13,15H,3-4,7-8,11H2,1-2H3,(H,22,23)/t13-/m0/s1. The van der Waals surface area contributed by atoms with Crippen molar-refractivity contribution in [2.24, 2.45) is 0 Å². The molecule has 0 bridgehead atoms.